The second-order valence-corrected chi connectivity index (χ2v) is 4.15. The molecule has 1 aromatic rings. The number of benzene rings is 1. The van der Waals surface area contributed by atoms with Gasteiger partial charge in [-0.1, -0.05) is 30.4 Å². The third kappa shape index (κ3) is 7.81. The quantitative estimate of drug-likeness (QED) is 0.646. The summed E-state index contributed by atoms with van der Waals surface area (Å²) in [5.41, 5.74) is 0.766. The van der Waals surface area contributed by atoms with Gasteiger partial charge in [0.2, 0.25) is 5.91 Å². The molecule has 114 valence electrons. The standard InChI is InChI=1S/C15H16F3NO2/c1-2-3-4-5-14(20)19-10-12-6-8-13(9-7-12)21-11-15(16,17)18/h2-9H,10-11H2,1H3,(H,19,20)/b3-2+,5-4+. The largest absolute Gasteiger partial charge is 0.484 e. The normalized spacial score (nSPS) is 12.0. The van der Waals surface area contributed by atoms with Crippen LogP contribution in [0.2, 0.25) is 0 Å². The Hall–Kier alpha value is -2.24. The van der Waals surface area contributed by atoms with E-state index in [2.05, 4.69) is 10.1 Å². The van der Waals surface area contributed by atoms with E-state index in [-0.39, 0.29) is 11.7 Å². The molecule has 0 atom stereocenters. The van der Waals surface area contributed by atoms with Crippen molar-refractivity contribution in [3.8, 4) is 5.75 Å². The van der Waals surface area contributed by atoms with Crippen molar-refractivity contribution in [2.24, 2.45) is 0 Å². The minimum Gasteiger partial charge on any atom is -0.484 e. The third-order valence-electron chi connectivity index (χ3n) is 2.34. The highest BCUT2D eigenvalue weighted by Gasteiger charge is 2.28. The number of alkyl halides is 3. The maximum Gasteiger partial charge on any atom is 0.422 e. The summed E-state index contributed by atoms with van der Waals surface area (Å²) in [4.78, 5) is 11.4. The second-order valence-electron chi connectivity index (χ2n) is 4.15. The Morgan fingerprint density at radius 3 is 2.48 bits per heavy atom. The molecule has 0 fully saturated rings. The van der Waals surface area contributed by atoms with E-state index in [4.69, 9.17) is 0 Å². The highest BCUT2D eigenvalue weighted by Crippen LogP contribution is 2.18. The first-order valence-corrected chi connectivity index (χ1v) is 6.26. The molecule has 1 aromatic carbocycles. The molecule has 3 nitrogen and oxygen atoms in total. The van der Waals surface area contributed by atoms with Gasteiger partial charge in [0.05, 0.1) is 0 Å². The number of rotatable bonds is 6. The molecule has 0 aromatic heterocycles. The first-order chi connectivity index (χ1) is 9.90. The summed E-state index contributed by atoms with van der Waals surface area (Å²) < 4.78 is 40.5. The zero-order valence-corrected chi connectivity index (χ0v) is 11.5. The van der Waals surface area contributed by atoms with Gasteiger partial charge in [-0.25, -0.2) is 0 Å². The number of carbonyl (C=O) groups excluding carboxylic acids is 1. The smallest absolute Gasteiger partial charge is 0.422 e. The van der Waals surface area contributed by atoms with Gasteiger partial charge < -0.3 is 10.1 Å². The van der Waals surface area contributed by atoms with Gasteiger partial charge in [0, 0.05) is 12.6 Å². The molecule has 0 spiro atoms. The molecule has 1 N–H and O–H groups in total. The summed E-state index contributed by atoms with van der Waals surface area (Å²) >= 11 is 0. The summed E-state index contributed by atoms with van der Waals surface area (Å²) in [7, 11) is 0. The van der Waals surface area contributed by atoms with E-state index in [1.54, 1.807) is 30.4 Å². The Kier molecular flexibility index (Phi) is 6.52. The first-order valence-electron chi connectivity index (χ1n) is 6.26. The van der Waals surface area contributed by atoms with Crippen LogP contribution in [0.4, 0.5) is 13.2 Å². The van der Waals surface area contributed by atoms with Gasteiger partial charge in [0.25, 0.3) is 0 Å². The van der Waals surface area contributed by atoms with E-state index >= 15 is 0 Å². The van der Waals surface area contributed by atoms with Crippen LogP contribution >= 0.6 is 0 Å². The Balaban J connectivity index is 2.42. The molecule has 0 aliphatic carbocycles. The molecular formula is C15H16F3NO2. The Bertz CT molecular complexity index is 505. The topological polar surface area (TPSA) is 38.3 Å². The lowest BCUT2D eigenvalue weighted by molar-refractivity contribution is -0.153. The van der Waals surface area contributed by atoms with Crippen LogP contribution in [-0.4, -0.2) is 18.7 Å². The number of amides is 1. The van der Waals surface area contributed by atoms with Crippen molar-refractivity contribution in [2.45, 2.75) is 19.6 Å². The number of halogens is 3. The third-order valence-corrected chi connectivity index (χ3v) is 2.34. The lowest BCUT2D eigenvalue weighted by Crippen LogP contribution is -2.20. The Morgan fingerprint density at radius 1 is 1.24 bits per heavy atom. The number of nitrogens with one attached hydrogen (secondary N) is 1. The number of hydrogen-bond donors (Lipinski definition) is 1. The number of hydrogen-bond acceptors (Lipinski definition) is 2. The maximum absolute atomic E-state index is 12.0. The summed E-state index contributed by atoms with van der Waals surface area (Å²) in [5.74, 6) is -0.110. The molecule has 0 saturated carbocycles. The van der Waals surface area contributed by atoms with Crippen LogP contribution < -0.4 is 10.1 Å². The molecule has 0 bridgehead atoms. The molecule has 0 radical (unpaired) electrons. The summed E-state index contributed by atoms with van der Waals surface area (Å²) in [6, 6.07) is 6.06. The van der Waals surface area contributed by atoms with Crippen molar-refractivity contribution in [2.75, 3.05) is 6.61 Å². The van der Waals surface area contributed by atoms with Gasteiger partial charge in [-0.15, -0.1) is 0 Å². The van der Waals surface area contributed by atoms with Crippen LogP contribution in [0.25, 0.3) is 0 Å². The van der Waals surface area contributed by atoms with Gasteiger partial charge in [-0.2, -0.15) is 13.2 Å². The van der Waals surface area contributed by atoms with E-state index in [1.165, 1.54) is 18.2 Å². The molecule has 21 heavy (non-hydrogen) atoms. The molecule has 0 aliphatic heterocycles. The fourth-order valence-electron chi connectivity index (χ4n) is 1.37. The number of allylic oxidation sites excluding steroid dienone is 3. The minimum absolute atomic E-state index is 0.135. The van der Waals surface area contributed by atoms with Gasteiger partial charge in [0.15, 0.2) is 6.61 Å². The van der Waals surface area contributed by atoms with Crippen LogP contribution in [0, 0.1) is 0 Å². The molecule has 1 amide bonds. The Labute approximate surface area is 121 Å². The molecule has 1 rings (SSSR count). The van der Waals surface area contributed by atoms with Crippen LogP contribution in [0.3, 0.4) is 0 Å². The average Bonchev–Trinajstić information content (AvgIpc) is 2.43. The average molecular weight is 299 g/mol. The summed E-state index contributed by atoms with van der Waals surface area (Å²) in [6.07, 6.45) is 2.17. The molecule has 0 saturated heterocycles. The number of carbonyl (C=O) groups is 1. The predicted molar refractivity (Wildman–Crippen MR) is 73.8 cm³/mol. The summed E-state index contributed by atoms with van der Waals surface area (Å²) in [5, 5.41) is 2.65. The van der Waals surface area contributed by atoms with Gasteiger partial charge in [-0.05, 0) is 24.6 Å². The van der Waals surface area contributed by atoms with Crippen LogP contribution in [0.5, 0.6) is 5.75 Å². The fourth-order valence-corrected chi connectivity index (χ4v) is 1.37. The maximum atomic E-state index is 12.0. The molecule has 0 heterocycles. The highest BCUT2D eigenvalue weighted by atomic mass is 19.4. The van der Waals surface area contributed by atoms with E-state index in [1.807, 2.05) is 6.92 Å². The fraction of sp³-hybridized carbons (Fsp3) is 0.267. The van der Waals surface area contributed by atoms with E-state index in [9.17, 15) is 18.0 Å². The lowest BCUT2D eigenvalue weighted by Gasteiger charge is -2.09. The van der Waals surface area contributed by atoms with Crippen molar-refractivity contribution in [1.82, 2.24) is 5.32 Å². The van der Waals surface area contributed by atoms with E-state index in [0.29, 0.717) is 6.54 Å². The van der Waals surface area contributed by atoms with Crippen molar-refractivity contribution in [3.63, 3.8) is 0 Å². The molecule has 0 unspecified atom stereocenters. The zero-order chi connectivity index (χ0) is 15.7. The van der Waals surface area contributed by atoms with E-state index < -0.39 is 12.8 Å². The summed E-state index contributed by atoms with van der Waals surface area (Å²) in [6.45, 7) is 0.808. The minimum atomic E-state index is -4.36. The van der Waals surface area contributed by atoms with Crippen molar-refractivity contribution in [1.29, 1.82) is 0 Å². The van der Waals surface area contributed by atoms with Gasteiger partial charge in [0.1, 0.15) is 5.75 Å². The lowest BCUT2D eigenvalue weighted by atomic mass is 10.2. The molecule has 6 heteroatoms. The van der Waals surface area contributed by atoms with Crippen molar-refractivity contribution < 1.29 is 22.7 Å². The SMILES string of the molecule is C/C=C/C=C/C(=O)NCc1ccc(OCC(F)(F)F)cc1. The van der Waals surface area contributed by atoms with E-state index in [0.717, 1.165) is 5.56 Å². The van der Waals surface area contributed by atoms with Crippen molar-refractivity contribution in [3.05, 3.63) is 54.1 Å². The predicted octanol–water partition coefficient (Wildman–Crippen LogP) is 3.38. The Morgan fingerprint density at radius 2 is 1.90 bits per heavy atom. The monoisotopic (exact) mass is 299 g/mol. The first kappa shape index (κ1) is 16.8. The molecule has 0 aliphatic rings. The van der Waals surface area contributed by atoms with Crippen LogP contribution in [0.1, 0.15) is 12.5 Å². The van der Waals surface area contributed by atoms with Gasteiger partial charge in [-0.3, -0.25) is 4.79 Å². The second kappa shape index (κ2) is 8.14. The van der Waals surface area contributed by atoms with Crippen LogP contribution in [0.15, 0.2) is 48.6 Å². The number of ether oxygens (including phenoxy) is 1. The highest BCUT2D eigenvalue weighted by molar-refractivity contribution is 5.87. The van der Waals surface area contributed by atoms with Gasteiger partial charge >= 0.3 is 6.18 Å². The van der Waals surface area contributed by atoms with Crippen LogP contribution in [-0.2, 0) is 11.3 Å². The van der Waals surface area contributed by atoms with Crippen molar-refractivity contribution >= 4 is 5.91 Å². The zero-order valence-electron chi connectivity index (χ0n) is 11.5. The molecular weight excluding hydrogens is 283 g/mol.